The summed E-state index contributed by atoms with van der Waals surface area (Å²) in [5, 5.41) is 11.5. The molecule has 4 rings (SSSR count). The standard InChI is InChI=1S/C18H15NO2/c20-15-11-17(21-16-9-2-1-7-13(15)16)14-8-3-5-12-6-4-10-19-18(12)14/h1-10,15,17,20H,11H2. The number of hydrogen-bond acceptors (Lipinski definition) is 3. The minimum absolute atomic E-state index is 0.173. The largest absolute Gasteiger partial charge is 0.485 e. The van der Waals surface area contributed by atoms with Crippen LogP contribution in [-0.2, 0) is 0 Å². The van der Waals surface area contributed by atoms with Gasteiger partial charge >= 0.3 is 0 Å². The average molecular weight is 277 g/mol. The van der Waals surface area contributed by atoms with Gasteiger partial charge in [0.25, 0.3) is 0 Å². The first kappa shape index (κ1) is 12.4. The summed E-state index contributed by atoms with van der Waals surface area (Å²) in [5.41, 5.74) is 2.83. The van der Waals surface area contributed by atoms with E-state index in [1.807, 2.05) is 54.6 Å². The zero-order valence-electron chi connectivity index (χ0n) is 11.4. The van der Waals surface area contributed by atoms with Gasteiger partial charge in [-0.2, -0.15) is 0 Å². The van der Waals surface area contributed by atoms with E-state index in [2.05, 4.69) is 4.98 Å². The van der Waals surface area contributed by atoms with Gasteiger partial charge in [0.1, 0.15) is 11.9 Å². The zero-order chi connectivity index (χ0) is 14.2. The monoisotopic (exact) mass is 277 g/mol. The number of fused-ring (bicyclic) bond motifs is 2. The molecule has 0 fully saturated rings. The van der Waals surface area contributed by atoms with Crippen LogP contribution in [0, 0.1) is 0 Å². The summed E-state index contributed by atoms with van der Waals surface area (Å²) in [6.45, 7) is 0. The first-order valence-corrected chi connectivity index (χ1v) is 7.10. The Kier molecular flexibility index (Phi) is 2.86. The fraction of sp³-hybridized carbons (Fsp3) is 0.167. The third-order valence-electron chi connectivity index (χ3n) is 4.00. The second-order valence-corrected chi connectivity index (χ2v) is 5.32. The van der Waals surface area contributed by atoms with Crippen molar-refractivity contribution in [3.05, 3.63) is 71.9 Å². The molecule has 2 aromatic carbocycles. The van der Waals surface area contributed by atoms with Crippen LogP contribution in [0.4, 0.5) is 0 Å². The molecule has 1 N–H and O–H groups in total. The Morgan fingerprint density at radius 3 is 2.71 bits per heavy atom. The molecule has 0 saturated carbocycles. The highest BCUT2D eigenvalue weighted by molar-refractivity contribution is 5.82. The number of pyridine rings is 1. The highest BCUT2D eigenvalue weighted by Gasteiger charge is 2.28. The van der Waals surface area contributed by atoms with E-state index in [-0.39, 0.29) is 6.10 Å². The second-order valence-electron chi connectivity index (χ2n) is 5.32. The van der Waals surface area contributed by atoms with Gasteiger partial charge in [0.2, 0.25) is 0 Å². The maximum absolute atomic E-state index is 10.4. The van der Waals surface area contributed by atoms with Gasteiger partial charge in [-0.3, -0.25) is 4.98 Å². The smallest absolute Gasteiger partial charge is 0.129 e. The van der Waals surface area contributed by atoms with Gasteiger partial charge in [0, 0.05) is 29.1 Å². The molecule has 2 heterocycles. The van der Waals surface area contributed by atoms with Crippen LogP contribution in [0.1, 0.15) is 29.8 Å². The van der Waals surface area contributed by atoms with Crippen LogP contribution in [0.3, 0.4) is 0 Å². The van der Waals surface area contributed by atoms with E-state index in [1.165, 1.54) is 0 Å². The molecule has 2 unspecified atom stereocenters. The normalized spacial score (nSPS) is 20.8. The Labute approximate surface area is 122 Å². The minimum atomic E-state index is -0.501. The molecular weight excluding hydrogens is 262 g/mol. The Hall–Kier alpha value is -2.39. The van der Waals surface area contributed by atoms with Crippen LogP contribution in [0.2, 0.25) is 0 Å². The minimum Gasteiger partial charge on any atom is -0.485 e. The third-order valence-corrected chi connectivity index (χ3v) is 4.00. The number of benzene rings is 2. The van der Waals surface area contributed by atoms with Crippen LogP contribution in [0.25, 0.3) is 10.9 Å². The van der Waals surface area contributed by atoms with Crippen LogP contribution < -0.4 is 4.74 Å². The van der Waals surface area contributed by atoms with Gasteiger partial charge in [-0.25, -0.2) is 0 Å². The van der Waals surface area contributed by atoms with Gasteiger partial charge in [0.15, 0.2) is 0 Å². The summed E-state index contributed by atoms with van der Waals surface area (Å²) in [7, 11) is 0. The molecule has 1 aromatic heterocycles. The summed E-state index contributed by atoms with van der Waals surface area (Å²) in [6, 6.07) is 17.7. The molecule has 0 aliphatic carbocycles. The SMILES string of the molecule is OC1CC(c2cccc3cccnc23)Oc2ccccc21. The van der Waals surface area contributed by atoms with E-state index in [0.717, 1.165) is 27.8 Å². The molecule has 0 bridgehead atoms. The number of ether oxygens (including phenoxy) is 1. The quantitative estimate of drug-likeness (QED) is 0.735. The Morgan fingerprint density at radius 1 is 0.952 bits per heavy atom. The van der Waals surface area contributed by atoms with Gasteiger partial charge in [-0.1, -0.05) is 42.5 Å². The number of nitrogens with zero attached hydrogens (tertiary/aromatic N) is 1. The van der Waals surface area contributed by atoms with Crippen molar-refractivity contribution in [3.63, 3.8) is 0 Å². The number of aliphatic hydroxyl groups is 1. The molecule has 1 aliphatic heterocycles. The van der Waals surface area contributed by atoms with Crippen LogP contribution in [0.15, 0.2) is 60.8 Å². The Morgan fingerprint density at radius 2 is 1.76 bits per heavy atom. The van der Waals surface area contributed by atoms with E-state index in [1.54, 1.807) is 6.20 Å². The number of rotatable bonds is 1. The fourth-order valence-electron chi connectivity index (χ4n) is 2.97. The van der Waals surface area contributed by atoms with Gasteiger partial charge in [-0.15, -0.1) is 0 Å². The average Bonchev–Trinajstić information content (AvgIpc) is 2.54. The first-order chi connectivity index (χ1) is 10.3. The Balaban J connectivity index is 1.81. The van der Waals surface area contributed by atoms with Crippen molar-refractivity contribution in [2.75, 3.05) is 0 Å². The predicted molar refractivity (Wildman–Crippen MR) is 81.1 cm³/mol. The summed E-state index contributed by atoms with van der Waals surface area (Å²) >= 11 is 0. The summed E-state index contributed by atoms with van der Waals surface area (Å²) in [4.78, 5) is 4.48. The summed E-state index contributed by atoms with van der Waals surface area (Å²) in [6.07, 6.45) is 1.67. The van der Waals surface area contributed by atoms with E-state index in [4.69, 9.17) is 4.74 Å². The number of hydrogen-bond donors (Lipinski definition) is 1. The highest BCUT2D eigenvalue weighted by Crippen LogP contribution is 2.41. The van der Waals surface area contributed by atoms with E-state index in [0.29, 0.717) is 6.42 Å². The summed E-state index contributed by atoms with van der Waals surface area (Å²) in [5.74, 6) is 0.759. The molecule has 1 aliphatic rings. The van der Waals surface area contributed by atoms with Gasteiger partial charge in [-0.05, 0) is 12.1 Å². The van der Waals surface area contributed by atoms with Crippen molar-refractivity contribution in [3.8, 4) is 5.75 Å². The van der Waals surface area contributed by atoms with Crippen molar-refractivity contribution >= 4 is 10.9 Å². The number of aromatic nitrogens is 1. The molecule has 3 heteroatoms. The van der Waals surface area contributed by atoms with Gasteiger partial charge < -0.3 is 9.84 Å². The lowest BCUT2D eigenvalue weighted by atomic mass is 9.94. The lowest BCUT2D eigenvalue weighted by Crippen LogP contribution is -2.19. The molecule has 0 amide bonds. The molecule has 2 atom stereocenters. The molecule has 104 valence electrons. The lowest BCUT2D eigenvalue weighted by Gasteiger charge is -2.30. The first-order valence-electron chi connectivity index (χ1n) is 7.10. The third kappa shape index (κ3) is 2.06. The predicted octanol–water partition coefficient (Wildman–Crippen LogP) is 3.79. The van der Waals surface area contributed by atoms with Crippen molar-refractivity contribution in [2.24, 2.45) is 0 Å². The number of aliphatic hydroxyl groups excluding tert-OH is 1. The van der Waals surface area contributed by atoms with Crippen LogP contribution in [0.5, 0.6) is 5.75 Å². The summed E-state index contributed by atoms with van der Waals surface area (Å²) < 4.78 is 6.10. The van der Waals surface area contributed by atoms with Crippen LogP contribution in [-0.4, -0.2) is 10.1 Å². The molecule has 0 saturated heterocycles. The molecular formula is C18H15NO2. The number of para-hydroxylation sites is 2. The molecule has 0 radical (unpaired) electrons. The fourth-order valence-corrected chi connectivity index (χ4v) is 2.97. The maximum Gasteiger partial charge on any atom is 0.129 e. The van der Waals surface area contributed by atoms with Crippen molar-refractivity contribution in [1.82, 2.24) is 4.98 Å². The second kappa shape index (κ2) is 4.86. The zero-order valence-corrected chi connectivity index (χ0v) is 11.4. The van der Waals surface area contributed by atoms with Gasteiger partial charge in [0.05, 0.1) is 11.6 Å². The Bertz CT molecular complexity index is 795. The van der Waals surface area contributed by atoms with E-state index < -0.39 is 6.10 Å². The maximum atomic E-state index is 10.4. The topological polar surface area (TPSA) is 42.4 Å². The van der Waals surface area contributed by atoms with Crippen LogP contribution >= 0.6 is 0 Å². The molecule has 0 spiro atoms. The lowest BCUT2D eigenvalue weighted by molar-refractivity contribution is 0.0663. The van der Waals surface area contributed by atoms with E-state index in [9.17, 15) is 5.11 Å². The molecule has 3 aromatic rings. The highest BCUT2D eigenvalue weighted by atomic mass is 16.5. The van der Waals surface area contributed by atoms with Crippen molar-refractivity contribution in [2.45, 2.75) is 18.6 Å². The van der Waals surface area contributed by atoms with Crippen molar-refractivity contribution < 1.29 is 9.84 Å². The molecule has 21 heavy (non-hydrogen) atoms. The van der Waals surface area contributed by atoms with E-state index >= 15 is 0 Å². The van der Waals surface area contributed by atoms with Crippen molar-refractivity contribution in [1.29, 1.82) is 0 Å². The molecule has 3 nitrogen and oxygen atoms in total.